The second-order valence-corrected chi connectivity index (χ2v) is 10.0. The number of nitrogens with one attached hydrogen (secondary N) is 1. The van der Waals surface area contributed by atoms with E-state index in [-0.39, 0.29) is 23.5 Å². The number of hydrogen-bond acceptors (Lipinski definition) is 7. The molecule has 2 aromatic carbocycles. The minimum Gasteiger partial charge on any atom is -0.421 e. The third kappa shape index (κ3) is 6.21. The number of halogens is 1. The minimum atomic E-state index is -0.600. The Morgan fingerprint density at radius 2 is 1.88 bits per heavy atom. The molecule has 1 amide bonds. The standard InChI is InChI=1S/C33H30FN7O2/c1-5-6-7-8-17-41-29(22-9-12-24(13-10-22)40-32(42)20(2)3)27(28-30(35)37-19-38-31(28)41)23-11-14-26(25(34)18-23)43-33-36-16-15-21(4)39-33/h1,9-16,18-19H,2,6-8,17H2,3-4H3,(H,40,42)(H2,35,37,38). The number of anilines is 2. The van der Waals surface area contributed by atoms with Crippen molar-refractivity contribution < 1.29 is 13.9 Å². The molecule has 0 aliphatic heterocycles. The van der Waals surface area contributed by atoms with Crippen LogP contribution in [0, 0.1) is 25.1 Å². The zero-order valence-corrected chi connectivity index (χ0v) is 23.9. The van der Waals surface area contributed by atoms with Crippen molar-refractivity contribution in [1.29, 1.82) is 0 Å². The fourth-order valence-corrected chi connectivity index (χ4v) is 4.75. The maximum absolute atomic E-state index is 15.6. The van der Waals surface area contributed by atoms with E-state index in [0.29, 0.717) is 52.1 Å². The van der Waals surface area contributed by atoms with Crippen LogP contribution >= 0.6 is 0 Å². The Morgan fingerprint density at radius 3 is 2.58 bits per heavy atom. The summed E-state index contributed by atoms with van der Waals surface area (Å²) in [7, 11) is 0. The minimum absolute atomic E-state index is 0.0178. The summed E-state index contributed by atoms with van der Waals surface area (Å²) in [6.45, 7) is 7.72. The Bertz CT molecular complexity index is 1870. The molecule has 43 heavy (non-hydrogen) atoms. The molecule has 9 nitrogen and oxygen atoms in total. The fraction of sp³-hybridized carbons (Fsp3) is 0.182. The van der Waals surface area contributed by atoms with Crippen molar-refractivity contribution in [3.63, 3.8) is 0 Å². The first kappa shape index (κ1) is 29.0. The van der Waals surface area contributed by atoms with Gasteiger partial charge in [0.05, 0.1) is 11.1 Å². The van der Waals surface area contributed by atoms with Crippen molar-refractivity contribution >= 4 is 28.4 Å². The number of nitrogens with two attached hydrogens (primary N) is 1. The van der Waals surface area contributed by atoms with Gasteiger partial charge in [-0.15, -0.1) is 12.3 Å². The Hall–Kier alpha value is -5.56. The molecule has 5 aromatic rings. The van der Waals surface area contributed by atoms with Gasteiger partial charge in [-0.3, -0.25) is 4.79 Å². The topological polar surface area (TPSA) is 121 Å². The summed E-state index contributed by atoms with van der Waals surface area (Å²) in [5, 5.41) is 3.42. The second kappa shape index (κ2) is 12.5. The quantitative estimate of drug-likeness (QED) is 0.108. The van der Waals surface area contributed by atoms with E-state index in [1.807, 2.05) is 12.1 Å². The van der Waals surface area contributed by atoms with E-state index in [4.69, 9.17) is 16.9 Å². The maximum Gasteiger partial charge on any atom is 0.322 e. The van der Waals surface area contributed by atoms with E-state index in [2.05, 4.69) is 42.3 Å². The molecule has 0 saturated carbocycles. The van der Waals surface area contributed by atoms with E-state index >= 15 is 4.39 Å². The summed E-state index contributed by atoms with van der Waals surface area (Å²) >= 11 is 0. The molecular formula is C33H30FN7O2. The van der Waals surface area contributed by atoms with E-state index in [0.717, 1.165) is 24.1 Å². The van der Waals surface area contributed by atoms with Gasteiger partial charge in [-0.05, 0) is 68.1 Å². The zero-order chi connectivity index (χ0) is 30.5. The number of aromatic nitrogens is 5. The van der Waals surface area contributed by atoms with E-state index in [9.17, 15) is 4.79 Å². The molecule has 0 saturated heterocycles. The lowest BCUT2D eigenvalue weighted by molar-refractivity contribution is -0.112. The number of ether oxygens (including phenoxy) is 1. The third-order valence-corrected chi connectivity index (χ3v) is 6.82. The van der Waals surface area contributed by atoms with Crippen molar-refractivity contribution in [2.75, 3.05) is 11.1 Å². The molecule has 5 rings (SSSR count). The van der Waals surface area contributed by atoms with Crippen LogP contribution in [-0.2, 0) is 11.3 Å². The molecule has 0 radical (unpaired) electrons. The number of carbonyl (C=O) groups is 1. The molecule has 0 aliphatic rings. The number of nitrogens with zero attached hydrogens (tertiary/aromatic N) is 5. The van der Waals surface area contributed by atoms with E-state index in [1.54, 1.807) is 44.3 Å². The number of carbonyl (C=O) groups excluding carboxylic acids is 1. The first-order valence-electron chi connectivity index (χ1n) is 13.7. The SMILES string of the molecule is C#CCCCCn1c(-c2ccc(NC(=O)C(=C)C)cc2)c(-c2ccc(Oc3nccc(C)n3)c(F)c2)c2c(N)ncnc21. The lowest BCUT2D eigenvalue weighted by Crippen LogP contribution is -2.11. The van der Waals surface area contributed by atoms with Crippen LogP contribution < -0.4 is 15.8 Å². The molecule has 216 valence electrons. The molecule has 3 heterocycles. The highest BCUT2D eigenvalue weighted by Gasteiger charge is 2.24. The van der Waals surface area contributed by atoms with Crippen LogP contribution in [0.25, 0.3) is 33.4 Å². The summed E-state index contributed by atoms with van der Waals surface area (Å²) in [5.41, 5.74) is 11.6. The number of hydrogen-bond donors (Lipinski definition) is 2. The van der Waals surface area contributed by atoms with Crippen LogP contribution in [0.1, 0.15) is 31.9 Å². The predicted molar refractivity (Wildman–Crippen MR) is 166 cm³/mol. The molecule has 0 unspecified atom stereocenters. The highest BCUT2D eigenvalue weighted by atomic mass is 19.1. The highest BCUT2D eigenvalue weighted by molar-refractivity contribution is 6.08. The van der Waals surface area contributed by atoms with Crippen molar-refractivity contribution in [3.8, 4) is 46.5 Å². The smallest absolute Gasteiger partial charge is 0.322 e. The van der Waals surface area contributed by atoms with Gasteiger partial charge in [-0.2, -0.15) is 0 Å². The molecule has 3 N–H and O–H groups in total. The fourth-order valence-electron chi connectivity index (χ4n) is 4.75. The maximum atomic E-state index is 15.6. The van der Waals surface area contributed by atoms with Crippen LogP contribution in [0.5, 0.6) is 11.8 Å². The first-order chi connectivity index (χ1) is 20.8. The summed E-state index contributed by atoms with van der Waals surface area (Å²) in [4.78, 5) is 29.3. The molecule has 0 bridgehead atoms. The summed E-state index contributed by atoms with van der Waals surface area (Å²) in [6.07, 6.45) is 10.7. The number of unbranched alkanes of at least 4 members (excludes halogenated alkanes) is 2. The number of nitrogen functional groups attached to an aromatic ring is 1. The lowest BCUT2D eigenvalue weighted by Gasteiger charge is -2.14. The monoisotopic (exact) mass is 575 g/mol. The number of terminal acetylenes is 1. The number of benzene rings is 2. The Kier molecular flexibility index (Phi) is 8.44. The average molecular weight is 576 g/mol. The molecule has 10 heteroatoms. The van der Waals surface area contributed by atoms with Gasteiger partial charge in [-0.1, -0.05) is 24.8 Å². The zero-order valence-electron chi connectivity index (χ0n) is 23.9. The summed E-state index contributed by atoms with van der Waals surface area (Å²) in [6, 6.07) is 13.8. The van der Waals surface area contributed by atoms with Gasteiger partial charge >= 0.3 is 6.01 Å². The summed E-state index contributed by atoms with van der Waals surface area (Å²) in [5.74, 6) is 2.06. The van der Waals surface area contributed by atoms with Gasteiger partial charge in [0.25, 0.3) is 5.91 Å². The molecular weight excluding hydrogens is 545 g/mol. The van der Waals surface area contributed by atoms with Crippen LogP contribution in [-0.4, -0.2) is 30.4 Å². The van der Waals surface area contributed by atoms with Crippen LogP contribution in [0.2, 0.25) is 0 Å². The number of rotatable bonds is 10. The Labute approximate surface area is 248 Å². The van der Waals surface area contributed by atoms with E-state index < -0.39 is 5.82 Å². The third-order valence-electron chi connectivity index (χ3n) is 6.82. The largest absolute Gasteiger partial charge is 0.421 e. The van der Waals surface area contributed by atoms with Gasteiger partial charge in [0, 0.05) is 41.7 Å². The normalized spacial score (nSPS) is 10.8. The Balaban J connectivity index is 1.65. The number of fused-ring (bicyclic) bond motifs is 1. The molecule has 0 spiro atoms. The average Bonchev–Trinajstić information content (AvgIpc) is 3.32. The van der Waals surface area contributed by atoms with Gasteiger partial charge in [-0.25, -0.2) is 24.3 Å². The first-order valence-corrected chi connectivity index (χ1v) is 13.7. The second-order valence-electron chi connectivity index (χ2n) is 10.0. The number of aryl methyl sites for hydroxylation is 2. The lowest BCUT2D eigenvalue weighted by atomic mass is 9.98. The van der Waals surface area contributed by atoms with E-state index in [1.165, 1.54) is 18.5 Å². The van der Waals surface area contributed by atoms with Gasteiger partial charge < -0.3 is 20.4 Å². The van der Waals surface area contributed by atoms with Crippen LogP contribution in [0.15, 0.2) is 73.2 Å². The van der Waals surface area contributed by atoms with Gasteiger partial charge in [0.1, 0.15) is 17.8 Å². The van der Waals surface area contributed by atoms with Crippen molar-refractivity contribution in [2.24, 2.45) is 0 Å². The van der Waals surface area contributed by atoms with Gasteiger partial charge in [0.15, 0.2) is 11.6 Å². The van der Waals surface area contributed by atoms with Crippen LogP contribution in [0.3, 0.4) is 0 Å². The number of amides is 1. The highest BCUT2D eigenvalue weighted by Crippen LogP contribution is 2.43. The molecule has 0 fully saturated rings. The van der Waals surface area contributed by atoms with Crippen molar-refractivity contribution in [3.05, 3.63) is 84.7 Å². The van der Waals surface area contributed by atoms with Crippen molar-refractivity contribution in [2.45, 2.75) is 39.7 Å². The summed E-state index contributed by atoms with van der Waals surface area (Å²) < 4.78 is 23.3. The van der Waals surface area contributed by atoms with Crippen LogP contribution in [0.4, 0.5) is 15.9 Å². The van der Waals surface area contributed by atoms with Gasteiger partial charge in [0.2, 0.25) is 0 Å². The molecule has 3 aromatic heterocycles. The predicted octanol–water partition coefficient (Wildman–Crippen LogP) is 6.70. The van der Waals surface area contributed by atoms with Crippen molar-refractivity contribution in [1.82, 2.24) is 24.5 Å². The Morgan fingerprint density at radius 1 is 1.12 bits per heavy atom. The molecule has 0 aliphatic carbocycles. The molecule has 0 atom stereocenters.